The number of nitrogens with one attached hydrogen (secondary N) is 1. The number of anilines is 1. The number of carboxylic acid groups (broad SMARTS) is 1. The maximum absolute atomic E-state index is 12.0. The standard InChI is InChI=1S/C11H11N3O4S/c1-14-6-5-10(12-14)19(17,18)13-9-4-2-3-8(7-9)11(15)16/h2-7,13H,1H3,(H,15,16). The molecule has 0 bridgehead atoms. The van der Waals surface area contributed by atoms with Gasteiger partial charge in [-0.05, 0) is 24.3 Å². The number of carboxylic acids is 1. The molecule has 1 heterocycles. The molecular formula is C11H11N3O4S. The summed E-state index contributed by atoms with van der Waals surface area (Å²) in [5.74, 6) is -1.13. The number of aromatic nitrogens is 2. The van der Waals surface area contributed by atoms with Gasteiger partial charge >= 0.3 is 5.97 Å². The fourth-order valence-electron chi connectivity index (χ4n) is 1.46. The molecule has 2 rings (SSSR count). The number of aromatic carboxylic acids is 1. The topological polar surface area (TPSA) is 101 Å². The zero-order chi connectivity index (χ0) is 14.0. The normalized spacial score (nSPS) is 11.2. The van der Waals surface area contributed by atoms with Gasteiger partial charge in [-0.25, -0.2) is 4.79 Å². The molecule has 0 radical (unpaired) electrons. The van der Waals surface area contributed by atoms with Gasteiger partial charge < -0.3 is 5.11 Å². The van der Waals surface area contributed by atoms with Crippen LogP contribution in [0.1, 0.15) is 10.4 Å². The monoisotopic (exact) mass is 281 g/mol. The predicted molar refractivity (Wildman–Crippen MR) is 67.4 cm³/mol. The quantitative estimate of drug-likeness (QED) is 0.867. The van der Waals surface area contributed by atoms with Gasteiger partial charge in [0.1, 0.15) is 0 Å². The molecule has 0 fully saturated rings. The van der Waals surface area contributed by atoms with Crippen LogP contribution in [0.25, 0.3) is 0 Å². The highest BCUT2D eigenvalue weighted by Gasteiger charge is 2.17. The van der Waals surface area contributed by atoms with Crippen molar-refractivity contribution < 1.29 is 18.3 Å². The maximum Gasteiger partial charge on any atom is 0.335 e. The number of hydrogen-bond donors (Lipinski definition) is 2. The summed E-state index contributed by atoms with van der Waals surface area (Å²) in [6.45, 7) is 0. The van der Waals surface area contributed by atoms with Crippen molar-refractivity contribution in [2.24, 2.45) is 7.05 Å². The van der Waals surface area contributed by atoms with Crippen molar-refractivity contribution in [2.45, 2.75) is 5.03 Å². The summed E-state index contributed by atoms with van der Waals surface area (Å²) >= 11 is 0. The maximum atomic E-state index is 12.0. The van der Waals surface area contributed by atoms with Gasteiger partial charge in [0.15, 0.2) is 5.03 Å². The summed E-state index contributed by atoms with van der Waals surface area (Å²) in [5.41, 5.74) is 0.173. The highest BCUT2D eigenvalue weighted by atomic mass is 32.2. The number of aryl methyl sites for hydroxylation is 1. The first-order chi connectivity index (χ1) is 8.88. The summed E-state index contributed by atoms with van der Waals surface area (Å²) in [6.07, 6.45) is 1.50. The van der Waals surface area contributed by atoms with Crippen LogP contribution in [0.2, 0.25) is 0 Å². The van der Waals surface area contributed by atoms with Crippen molar-refractivity contribution in [3.63, 3.8) is 0 Å². The molecule has 1 aromatic heterocycles. The van der Waals surface area contributed by atoms with E-state index < -0.39 is 16.0 Å². The van der Waals surface area contributed by atoms with E-state index in [0.717, 1.165) is 0 Å². The number of sulfonamides is 1. The Morgan fingerprint density at radius 3 is 2.68 bits per heavy atom. The SMILES string of the molecule is Cn1ccc(S(=O)(=O)Nc2cccc(C(=O)O)c2)n1. The highest BCUT2D eigenvalue weighted by molar-refractivity contribution is 7.92. The third-order valence-corrected chi connectivity index (χ3v) is 3.60. The highest BCUT2D eigenvalue weighted by Crippen LogP contribution is 2.15. The molecule has 0 aliphatic carbocycles. The van der Waals surface area contributed by atoms with Crippen molar-refractivity contribution in [3.05, 3.63) is 42.1 Å². The van der Waals surface area contributed by atoms with E-state index in [-0.39, 0.29) is 16.3 Å². The Labute approximate surface area is 109 Å². The third-order valence-electron chi connectivity index (χ3n) is 2.33. The Kier molecular flexibility index (Phi) is 3.26. The van der Waals surface area contributed by atoms with Crippen LogP contribution in [-0.4, -0.2) is 29.3 Å². The van der Waals surface area contributed by atoms with E-state index in [1.807, 2.05) is 0 Å². The lowest BCUT2D eigenvalue weighted by Crippen LogP contribution is -2.14. The molecule has 2 aromatic rings. The molecule has 0 amide bonds. The summed E-state index contributed by atoms with van der Waals surface area (Å²) in [5, 5.41) is 12.5. The smallest absolute Gasteiger partial charge is 0.335 e. The van der Waals surface area contributed by atoms with E-state index in [0.29, 0.717) is 0 Å². The first-order valence-corrected chi connectivity index (χ1v) is 6.72. The lowest BCUT2D eigenvalue weighted by atomic mass is 10.2. The van der Waals surface area contributed by atoms with Crippen LogP contribution < -0.4 is 4.72 Å². The van der Waals surface area contributed by atoms with E-state index in [1.54, 1.807) is 7.05 Å². The summed E-state index contributed by atoms with van der Waals surface area (Å²) < 4.78 is 27.6. The molecule has 0 saturated carbocycles. The van der Waals surface area contributed by atoms with Crippen molar-refractivity contribution in [1.29, 1.82) is 0 Å². The zero-order valence-electron chi connectivity index (χ0n) is 9.94. The van der Waals surface area contributed by atoms with E-state index in [4.69, 9.17) is 5.11 Å². The van der Waals surface area contributed by atoms with Gasteiger partial charge in [0, 0.05) is 18.9 Å². The van der Waals surface area contributed by atoms with Crippen LogP contribution in [-0.2, 0) is 17.1 Å². The summed E-state index contributed by atoms with van der Waals surface area (Å²) in [6, 6.07) is 6.89. The van der Waals surface area contributed by atoms with E-state index >= 15 is 0 Å². The number of nitrogens with zero attached hydrogens (tertiary/aromatic N) is 2. The van der Waals surface area contributed by atoms with Crippen LogP contribution in [0.5, 0.6) is 0 Å². The van der Waals surface area contributed by atoms with E-state index in [9.17, 15) is 13.2 Å². The van der Waals surface area contributed by atoms with Crippen LogP contribution in [0.15, 0.2) is 41.6 Å². The van der Waals surface area contributed by atoms with E-state index in [2.05, 4.69) is 9.82 Å². The molecule has 0 saturated heterocycles. The molecular weight excluding hydrogens is 270 g/mol. The Morgan fingerprint density at radius 2 is 2.11 bits per heavy atom. The number of benzene rings is 1. The Bertz CT molecular complexity index is 721. The van der Waals surface area contributed by atoms with Crippen molar-refractivity contribution in [3.8, 4) is 0 Å². The molecule has 0 aliphatic heterocycles. The van der Waals surface area contributed by atoms with Gasteiger partial charge in [-0.3, -0.25) is 9.40 Å². The summed E-state index contributed by atoms with van der Waals surface area (Å²) in [7, 11) is -2.21. The fourth-order valence-corrected chi connectivity index (χ4v) is 2.48. The fraction of sp³-hybridized carbons (Fsp3) is 0.0909. The van der Waals surface area contributed by atoms with Crippen LogP contribution in [0, 0.1) is 0 Å². The molecule has 8 heteroatoms. The molecule has 19 heavy (non-hydrogen) atoms. The Morgan fingerprint density at radius 1 is 1.37 bits per heavy atom. The molecule has 1 aromatic carbocycles. The second-order valence-corrected chi connectivity index (χ2v) is 5.45. The Hall–Kier alpha value is -2.35. The Balaban J connectivity index is 2.30. The molecule has 0 aliphatic rings. The zero-order valence-corrected chi connectivity index (χ0v) is 10.8. The molecule has 2 N–H and O–H groups in total. The van der Waals surface area contributed by atoms with Gasteiger partial charge in [-0.15, -0.1) is 0 Å². The van der Waals surface area contributed by atoms with Gasteiger partial charge in [0.05, 0.1) is 5.56 Å². The van der Waals surface area contributed by atoms with Crippen LogP contribution >= 0.6 is 0 Å². The van der Waals surface area contributed by atoms with Gasteiger partial charge in [0.25, 0.3) is 10.0 Å². The minimum Gasteiger partial charge on any atom is -0.478 e. The van der Waals surface area contributed by atoms with Gasteiger partial charge in [0.2, 0.25) is 0 Å². The van der Waals surface area contributed by atoms with Gasteiger partial charge in [-0.1, -0.05) is 6.07 Å². The minimum absolute atomic E-state index is 0.00113. The predicted octanol–water partition coefficient (Wildman–Crippen LogP) is 0.919. The third kappa shape index (κ3) is 2.91. The van der Waals surface area contributed by atoms with Crippen molar-refractivity contribution in [2.75, 3.05) is 4.72 Å². The second kappa shape index (κ2) is 4.73. The van der Waals surface area contributed by atoms with Crippen molar-refractivity contribution >= 4 is 21.7 Å². The van der Waals surface area contributed by atoms with E-state index in [1.165, 1.54) is 41.2 Å². The average Bonchev–Trinajstić information content (AvgIpc) is 2.76. The molecule has 0 atom stereocenters. The summed E-state index contributed by atoms with van der Waals surface area (Å²) in [4.78, 5) is 10.8. The van der Waals surface area contributed by atoms with Crippen LogP contribution in [0.3, 0.4) is 0 Å². The molecule has 0 spiro atoms. The van der Waals surface area contributed by atoms with Crippen LogP contribution in [0.4, 0.5) is 5.69 Å². The second-order valence-electron chi connectivity index (χ2n) is 3.82. The largest absolute Gasteiger partial charge is 0.478 e. The lowest BCUT2D eigenvalue weighted by Gasteiger charge is -2.06. The molecule has 100 valence electrons. The number of carbonyl (C=O) groups is 1. The molecule has 0 unspecified atom stereocenters. The van der Waals surface area contributed by atoms with Crippen molar-refractivity contribution in [1.82, 2.24) is 9.78 Å². The lowest BCUT2D eigenvalue weighted by molar-refractivity contribution is 0.0697. The first kappa shape index (κ1) is 13.1. The first-order valence-electron chi connectivity index (χ1n) is 5.24. The number of rotatable bonds is 4. The number of hydrogen-bond acceptors (Lipinski definition) is 4. The molecule has 7 nitrogen and oxygen atoms in total. The average molecular weight is 281 g/mol. The van der Waals surface area contributed by atoms with Gasteiger partial charge in [-0.2, -0.15) is 13.5 Å². The minimum atomic E-state index is -3.81.